The Morgan fingerprint density at radius 1 is 1.04 bits per heavy atom. The monoisotopic (exact) mass is 414 g/mol. The Morgan fingerprint density at radius 2 is 1.50 bits per heavy atom. The van der Waals surface area contributed by atoms with Crippen LogP contribution in [-0.4, -0.2) is 40.9 Å². The van der Waals surface area contributed by atoms with Crippen molar-refractivity contribution in [3.05, 3.63) is 22.3 Å². The summed E-state index contributed by atoms with van der Waals surface area (Å²) in [5.41, 5.74) is -1.67. The predicted molar refractivity (Wildman–Crippen MR) is 105 cm³/mol. The van der Waals surface area contributed by atoms with Crippen LogP contribution in [0.4, 0.5) is 15.4 Å². The van der Waals surface area contributed by atoms with E-state index >= 15 is 0 Å². The average molecular weight is 415 g/mol. The minimum atomic E-state index is -1.05. The van der Waals surface area contributed by atoms with Gasteiger partial charge in [-0.1, -0.05) is 11.6 Å². The van der Waals surface area contributed by atoms with Crippen LogP contribution >= 0.6 is 11.6 Å². The van der Waals surface area contributed by atoms with Gasteiger partial charge in [0.05, 0.1) is 11.6 Å². The minimum Gasteiger partial charge on any atom is -0.462 e. The number of aromatic nitrogens is 1. The van der Waals surface area contributed by atoms with Crippen LogP contribution in [0, 0.1) is 6.92 Å². The fourth-order valence-electron chi connectivity index (χ4n) is 2.03. The van der Waals surface area contributed by atoms with E-state index in [0.29, 0.717) is 10.6 Å². The van der Waals surface area contributed by atoms with Gasteiger partial charge in [0.15, 0.2) is 5.82 Å². The van der Waals surface area contributed by atoms with Crippen LogP contribution in [0.2, 0.25) is 5.02 Å². The summed E-state index contributed by atoms with van der Waals surface area (Å²) in [4.78, 5) is 42.8. The summed E-state index contributed by atoms with van der Waals surface area (Å²) in [7, 11) is 0. The van der Waals surface area contributed by atoms with Crippen LogP contribution in [0.5, 0.6) is 0 Å². The lowest BCUT2D eigenvalue weighted by atomic mass is 10.2. The number of carbonyl (C=O) groups excluding carboxylic acids is 3. The Bertz CT molecular complexity index is 737. The van der Waals surface area contributed by atoms with Crippen LogP contribution in [-0.2, 0) is 14.2 Å². The van der Waals surface area contributed by atoms with Gasteiger partial charge >= 0.3 is 18.2 Å². The van der Waals surface area contributed by atoms with Crippen LogP contribution in [0.3, 0.4) is 0 Å². The molecule has 1 aromatic rings. The van der Waals surface area contributed by atoms with Crippen molar-refractivity contribution in [3.63, 3.8) is 0 Å². The lowest BCUT2D eigenvalue weighted by Gasteiger charge is -2.29. The zero-order chi connectivity index (χ0) is 21.9. The number of nitrogens with zero attached hydrogens (tertiary/aromatic N) is 2. The first-order valence-corrected chi connectivity index (χ1v) is 9.14. The van der Waals surface area contributed by atoms with Gasteiger partial charge in [-0.3, -0.25) is 0 Å². The molecule has 0 N–H and O–H groups in total. The van der Waals surface area contributed by atoms with Crippen LogP contribution in [0.25, 0.3) is 0 Å². The maximum absolute atomic E-state index is 12.8. The zero-order valence-corrected chi connectivity index (χ0v) is 18.3. The molecule has 0 aliphatic rings. The number of hydrogen-bond donors (Lipinski definition) is 0. The van der Waals surface area contributed by atoms with Crippen molar-refractivity contribution in [2.24, 2.45) is 0 Å². The van der Waals surface area contributed by atoms with E-state index < -0.39 is 29.4 Å². The molecule has 0 saturated carbocycles. The number of ether oxygens (including phenoxy) is 3. The molecular formula is C19H27ClN2O6. The van der Waals surface area contributed by atoms with E-state index in [0.717, 1.165) is 0 Å². The molecule has 1 heterocycles. The Balaban J connectivity index is 3.62. The van der Waals surface area contributed by atoms with Gasteiger partial charge in [-0.15, -0.1) is 0 Å². The fraction of sp³-hybridized carbons (Fsp3) is 0.579. The Hall–Kier alpha value is -2.35. The first-order chi connectivity index (χ1) is 12.7. The number of rotatable bonds is 3. The van der Waals surface area contributed by atoms with Gasteiger partial charge in [-0.2, -0.15) is 4.90 Å². The summed E-state index contributed by atoms with van der Waals surface area (Å²) >= 11 is 6.21. The molecule has 1 aromatic heterocycles. The minimum absolute atomic E-state index is 0.0157. The molecule has 0 atom stereocenters. The molecule has 0 fully saturated rings. The molecule has 0 saturated heterocycles. The third kappa shape index (κ3) is 6.67. The maximum Gasteiger partial charge on any atom is 0.425 e. The summed E-state index contributed by atoms with van der Waals surface area (Å²) in [6, 6.07) is 1.43. The molecule has 2 amide bonds. The lowest BCUT2D eigenvalue weighted by molar-refractivity contribution is 0.0428. The number of hydrogen-bond acceptors (Lipinski definition) is 7. The third-order valence-corrected chi connectivity index (χ3v) is 3.22. The van der Waals surface area contributed by atoms with E-state index in [9.17, 15) is 14.4 Å². The lowest BCUT2D eigenvalue weighted by Crippen LogP contribution is -2.45. The zero-order valence-electron chi connectivity index (χ0n) is 17.5. The second-order valence-electron chi connectivity index (χ2n) is 7.96. The highest BCUT2D eigenvalue weighted by Crippen LogP contribution is 2.30. The van der Waals surface area contributed by atoms with Crippen molar-refractivity contribution in [1.29, 1.82) is 0 Å². The van der Waals surface area contributed by atoms with Gasteiger partial charge in [0.2, 0.25) is 0 Å². The standard InChI is InChI=1S/C19H27ClN2O6/c1-9-26-15(23)13-12(20)10-11(2)21-14(13)22(16(24)27-18(3,4)5)17(25)28-19(6,7)8/h10H,9H2,1-8H3. The van der Waals surface area contributed by atoms with Crippen LogP contribution in [0.1, 0.15) is 64.5 Å². The molecule has 0 spiro atoms. The summed E-state index contributed by atoms with van der Waals surface area (Å²) in [6.45, 7) is 13.1. The molecule has 8 nitrogen and oxygen atoms in total. The number of anilines is 1. The first kappa shape index (κ1) is 23.7. The largest absolute Gasteiger partial charge is 0.462 e. The number of esters is 1. The number of amides is 2. The summed E-state index contributed by atoms with van der Waals surface area (Å²) < 4.78 is 15.6. The van der Waals surface area contributed by atoms with Crippen LogP contribution in [0.15, 0.2) is 6.07 Å². The highest BCUT2D eigenvalue weighted by Gasteiger charge is 2.37. The summed E-state index contributed by atoms with van der Waals surface area (Å²) in [5.74, 6) is -1.14. The van der Waals surface area contributed by atoms with Crippen molar-refractivity contribution in [1.82, 2.24) is 4.98 Å². The van der Waals surface area contributed by atoms with E-state index in [1.807, 2.05) is 0 Å². The van der Waals surface area contributed by atoms with Crippen molar-refractivity contribution >= 4 is 35.6 Å². The number of imide groups is 1. The summed E-state index contributed by atoms with van der Waals surface area (Å²) in [6.07, 6.45) is -2.11. The molecule has 9 heteroatoms. The first-order valence-electron chi connectivity index (χ1n) is 8.76. The van der Waals surface area contributed by atoms with Crippen molar-refractivity contribution in [2.75, 3.05) is 11.5 Å². The molecule has 28 heavy (non-hydrogen) atoms. The van der Waals surface area contributed by atoms with Gasteiger partial charge in [0.25, 0.3) is 0 Å². The number of carbonyl (C=O) groups is 3. The molecule has 0 aromatic carbocycles. The van der Waals surface area contributed by atoms with Crippen LogP contribution < -0.4 is 4.90 Å². The van der Waals surface area contributed by atoms with E-state index in [4.69, 9.17) is 25.8 Å². The van der Waals surface area contributed by atoms with Gasteiger partial charge in [-0.25, -0.2) is 19.4 Å². The Morgan fingerprint density at radius 3 is 1.89 bits per heavy atom. The SMILES string of the molecule is CCOC(=O)c1c(Cl)cc(C)nc1N(C(=O)OC(C)(C)C)C(=O)OC(C)(C)C. The second kappa shape index (κ2) is 8.77. The topological polar surface area (TPSA) is 95.0 Å². The van der Waals surface area contributed by atoms with Gasteiger partial charge in [-0.05, 0) is 61.5 Å². The van der Waals surface area contributed by atoms with E-state index in [-0.39, 0.29) is 23.0 Å². The molecule has 0 unspecified atom stereocenters. The van der Waals surface area contributed by atoms with Gasteiger partial charge in [0.1, 0.15) is 16.8 Å². The van der Waals surface area contributed by atoms with E-state index in [1.54, 1.807) is 55.4 Å². The van der Waals surface area contributed by atoms with Crippen molar-refractivity contribution in [2.45, 2.75) is 66.6 Å². The molecule has 0 aliphatic heterocycles. The molecule has 156 valence electrons. The normalized spacial score (nSPS) is 11.6. The number of aryl methyl sites for hydroxylation is 1. The maximum atomic E-state index is 12.8. The summed E-state index contributed by atoms with van der Waals surface area (Å²) in [5, 5.41) is -0.0157. The van der Waals surface area contributed by atoms with E-state index in [1.165, 1.54) is 6.07 Å². The van der Waals surface area contributed by atoms with Crippen molar-refractivity contribution < 1.29 is 28.6 Å². The van der Waals surface area contributed by atoms with E-state index in [2.05, 4.69) is 4.98 Å². The Kier molecular flexibility index (Phi) is 7.42. The predicted octanol–water partition coefficient (Wildman–Crippen LogP) is 4.90. The Labute approximate surface area is 170 Å². The van der Waals surface area contributed by atoms with Gasteiger partial charge < -0.3 is 14.2 Å². The quantitative estimate of drug-likeness (QED) is 0.512. The smallest absolute Gasteiger partial charge is 0.425 e. The molecule has 0 aliphatic carbocycles. The molecular weight excluding hydrogens is 388 g/mol. The molecule has 0 radical (unpaired) electrons. The average Bonchev–Trinajstić information content (AvgIpc) is 2.42. The molecule has 0 bridgehead atoms. The second-order valence-corrected chi connectivity index (χ2v) is 8.37. The van der Waals surface area contributed by atoms with Crippen molar-refractivity contribution in [3.8, 4) is 0 Å². The highest BCUT2D eigenvalue weighted by atomic mass is 35.5. The fourth-order valence-corrected chi connectivity index (χ4v) is 2.35. The van der Waals surface area contributed by atoms with Gasteiger partial charge in [0, 0.05) is 5.69 Å². The third-order valence-electron chi connectivity index (χ3n) is 2.92. The number of pyridine rings is 1. The molecule has 1 rings (SSSR count). The number of halogens is 1. The highest BCUT2D eigenvalue weighted by molar-refractivity contribution is 6.34.